The summed E-state index contributed by atoms with van der Waals surface area (Å²) >= 11 is 0. The van der Waals surface area contributed by atoms with Crippen LogP contribution in [0.2, 0.25) is 0 Å². The van der Waals surface area contributed by atoms with E-state index >= 15 is 0 Å². The first kappa shape index (κ1) is 12.5. The zero-order chi connectivity index (χ0) is 13.1. The highest BCUT2D eigenvalue weighted by Gasteiger charge is 2.20. The van der Waals surface area contributed by atoms with Crippen LogP contribution in [0.4, 0.5) is 0 Å². The molecule has 1 N–H and O–H groups in total. The van der Waals surface area contributed by atoms with E-state index < -0.39 is 5.97 Å². The molecule has 0 unspecified atom stereocenters. The Balaban J connectivity index is 2.49. The molecule has 0 aliphatic heterocycles. The van der Waals surface area contributed by atoms with Crippen LogP contribution in [0, 0.1) is 0 Å². The van der Waals surface area contributed by atoms with Gasteiger partial charge in [-0.3, -0.25) is 4.79 Å². The molecule has 18 heavy (non-hydrogen) atoms. The fraction of sp³-hybridized carbons (Fsp3) is 0.357. The van der Waals surface area contributed by atoms with Crippen LogP contribution in [0.5, 0.6) is 11.5 Å². The molecule has 4 heteroatoms. The summed E-state index contributed by atoms with van der Waals surface area (Å²) < 4.78 is 10.6. The van der Waals surface area contributed by atoms with E-state index in [4.69, 9.17) is 14.6 Å². The minimum atomic E-state index is -0.816. The van der Waals surface area contributed by atoms with Crippen LogP contribution >= 0.6 is 0 Å². The van der Waals surface area contributed by atoms with Gasteiger partial charge in [-0.1, -0.05) is 12.1 Å². The van der Waals surface area contributed by atoms with Crippen molar-refractivity contribution in [3.63, 3.8) is 0 Å². The van der Waals surface area contributed by atoms with Gasteiger partial charge in [-0.05, 0) is 30.0 Å². The lowest BCUT2D eigenvalue weighted by atomic mass is 9.88. The Bertz CT molecular complexity index is 503. The van der Waals surface area contributed by atoms with E-state index in [9.17, 15) is 4.79 Å². The Morgan fingerprint density at radius 3 is 2.72 bits per heavy atom. The molecule has 96 valence electrons. The van der Waals surface area contributed by atoms with Crippen molar-refractivity contribution in [1.29, 1.82) is 0 Å². The molecule has 0 spiro atoms. The fourth-order valence-corrected chi connectivity index (χ4v) is 2.37. The third-order valence-corrected chi connectivity index (χ3v) is 3.12. The zero-order valence-corrected chi connectivity index (χ0v) is 10.5. The second kappa shape index (κ2) is 5.12. The average Bonchev–Trinajstić information content (AvgIpc) is 2.37. The summed E-state index contributed by atoms with van der Waals surface area (Å²) in [4.78, 5) is 10.9. The molecular weight excluding hydrogens is 232 g/mol. The maximum atomic E-state index is 10.9. The molecule has 4 nitrogen and oxygen atoms in total. The molecule has 0 saturated heterocycles. The monoisotopic (exact) mass is 248 g/mol. The van der Waals surface area contributed by atoms with Gasteiger partial charge in [-0.15, -0.1) is 0 Å². The van der Waals surface area contributed by atoms with E-state index in [0.717, 1.165) is 29.5 Å². The first-order valence-electron chi connectivity index (χ1n) is 5.82. The van der Waals surface area contributed by atoms with Gasteiger partial charge in [-0.2, -0.15) is 0 Å². The van der Waals surface area contributed by atoms with Gasteiger partial charge >= 0.3 is 5.97 Å². The van der Waals surface area contributed by atoms with Crippen LogP contribution in [-0.4, -0.2) is 25.3 Å². The van der Waals surface area contributed by atoms with Gasteiger partial charge in [0.1, 0.15) is 0 Å². The summed E-state index contributed by atoms with van der Waals surface area (Å²) in [5.74, 6) is 0.586. The SMILES string of the molecule is COc1ccc2c(c1OC)CCC=C2CC(=O)O. The largest absolute Gasteiger partial charge is 0.493 e. The first-order valence-corrected chi connectivity index (χ1v) is 5.82. The van der Waals surface area contributed by atoms with Gasteiger partial charge in [0.25, 0.3) is 0 Å². The normalized spacial score (nSPS) is 13.6. The van der Waals surface area contributed by atoms with Gasteiger partial charge in [-0.25, -0.2) is 0 Å². The number of allylic oxidation sites excluding steroid dienone is 1. The number of aliphatic carboxylic acids is 1. The van der Waals surface area contributed by atoms with Crippen molar-refractivity contribution >= 4 is 11.5 Å². The van der Waals surface area contributed by atoms with Crippen LogP contribution in [0.1, 0.15) is 24.0 Å². The van der Waals surface area contributed by atoms with E-state index in [2.05, 4.69) is 0 Å². The van der Waals surface area contributed by atoms with Crippen molar-refractivity contribution in [2.75, 3.05) is 14.2 Å². The van der Waals surface area contributed by atoms with Crippen molar-refractivity contribution in [2.24, 2.45) is 0 Å². The third kappa shape index (κ3) is 2.18. The van der Waals surface area contributed by atoms with Gasteiger partial charge < -0.3 is 14.6 Å². The summed E-state index contributed by atoms with van der Waals surface area (Å²) in [7, 11) is 3.20. The molecule has 0 fully saturated rings. The van der Waals surface area contributed by atoms with Crippen molar-refractivity contribution in [3.05, 3.63) is 29.3 Å². The molecule has 1 aromatic carbocycles. The molecule has 1 aliphatic carbocycles. The molecule has 0 bridgehead atoms. The molecule has 0 amide bonds. The highest BCUT2D eigenvalue weighted by Crippen LogP contribution is 2.40. The second-order valence-corrected chi connectivity index (χ2v) is 4.17. The number of rotatable bonds is 4. The standard InChI is InChI=1S/C14H16O4/c1-17-12-7-6-10-9(8-13(15)16)4-3-5-11(10)14(12)18-2/h4,6-7H,3,5,8H2,1-2H3,(H,15,16). The topological polar surface area (TPSA) is 55.8 Å². The third-order valence-electron chi connectivity index (χ3n) is 3.12. The predicted molar refractivity (Wildman–Crippen MR) is 68.1 cm³/mol. The molecule has 0 heterocycles. The molecule has 2 rings (SSSR count). The number of hydrogen-bond acceptors (Lipinski definition) is 3. The van der Waals surface area contributed by atoms with Crippen LogP contribution in [0.15, 0.2) is 18.2 Å². The molecular formula is C14H16O4. The minimum absolute atomic E-state index is 0.0441. The summed E-state index contributed by atoms with van der Waals surface area (Å²) in [5, 5.41) is 8.92. The van der Waals surface area contributed by atoms with Gasteiger partial charge in [0.05, 0.1) is 20.6 Å². The lowest BCUT2D eigenvalue weighted by Gasteiger charge is -2.21. The number of methoxy groups -OCH3 is 2. The lowest BCUT2D eigenvalue weighted by Crippen LogP contribution is -2.07. The van der Waals surface area contributed by atoms with Gasteiger partial charge in [0.2, 0.25) is 0 Å². The quantitative estimate of drug-likeness (QED) is 0.889. The number of benzene rings is 1. The first-order chi connectivity index (χ1) is 8.67. The van der Waals surface area contributed by atoms with Crippen LogP contribution in [0.3, 0.4) is 0 Å². The Labute approximate surface area is 106 Å². The number of fused-ring (bicyclic) bond motifs is 1. The van der Waals surface area contributed by atoms with Crippen molar-refractivity contribution in [3.8, 4) is 11.5 Å². The Morgan fingerprint density at radius 1 is 1.33 bits per heavy atom. The summed E-state index contributed by atoms with van der Waals surface area (Å²) in [6.45, 7) is 0. The molecule has 0 atom stereocenters. The Hall–Kier alpha value is -1.97. The second-order valence-electron chi connectivity index (χ2n) is 4.17. The Kier molecular flexibility index (Phi) is 3.55. The van der Waals surface area contributed by atoms with E-state index in [0.29, 0.717) is 11.5 Å². The molecule has 1 aliphatic rings. The molecule has 0 saturated carbocycles. The maximum Gasteiger partial charge on any atom is 0.307 e. The zero-order valence-electron chi connectivity index (χ0n) is 10.5. The van der Waals surface area contributed by atoms with E-state index in [1.807, 2.05) is 18.2 Å². The molecule has 0 aromatic heterocycles. The number of carboxylic acid groups (broad SMARTS) is 1. The number of hydrogen-bond donors (Lipinski definition) is 1. The lowest BCUT2D eigenvalue weighted by molar-refractivity contribution is -0.135. The van der Waals surface area contributed by atoms with Gasteiger partial charge in [0.15, 0.2) is 11.5 Å². The van der Waals surface area contributed by atoms with E-state index in [1.165, 1.54) is 0 Å². The fourth-order valence-electron chi connectivity index (χ4n) is 2.37. The van der Waals surface area contributed by atoms with Crippen molar-refractivity contribution in [2.45, 2.75) is 19.3 Å². The number of carboxylic acids is 1. The molecule has 1 aromatic rings. The summed E-state index contributed by atoms with van der Waals surface area (Å²) in [5.41, 5.74) is 2.85. The smallest absolute Gasteiger partial charge is 0.307 e. The van der Waals surface area contributed by atoms with Gasteiger partial charge in [0, 0.05) is 5.56 Å². The van der Waals surface area contributed by atoms with E-state index in [1.54, 1.807) is 14.2 Å². The average molecular weight is 248 g/mol. The highest BCUT2D eigenvalue weighted by atomic mass is 16.5. The Morgan fingerprint density at radius 2 is 2.11 bits per heavy atom. The summed E-state index contributed by atoms with van der Waals surface area (Å²) in [6.07, 6.45) is 3.71. The maximum absolute atomic E-state index is 10.9. The highest BCUT2D eigenvalue weighted by molar-refractivity contribution is 5.86. The van der Waals surface area contributed by atoms with Crippen molar-refractivity contribution < 1.29 is 19.4 Å². The van der Waals surface area contributed by atoms with Crippen LogP contribution < -0.4 is 9.47 Å². The predicted octanol–water partition coefficient (Wildman–Crippen LogP) is 2.51. The number of carbonyl (C=O) groups is 1. The van der Waals surface area contributed by atoms with Crippen molar-refractivity contribution in [1.82, 2.24) is 0 Å². The van der Waals surface area contributed by atoms with Crippen LogP contribution in [0.25, 0.3) is 5.57 Å². The van der Waals surface area contributed by atoms with E-state index in [-0.39, 0.29) is 6.42 Å². The summed E-state index contributed by atoms with van der Waals surface area (Å²) in [6, 6.07) is 3.73. The molecule has 0 radical (unpaired) electrons. The minimum Gasteiger partial charge on any atom is -0.493 e. The number of ether oxygens (including phenoxy) is 2. The van der Waals surface area contributed by atoms with Crippen LogP contribution in [-0.2, 0) is 11.2 Å².